The van der Waals surface area contributed by atoms with Crippen LogP contribution in [0.5, 0.6) is 0 Å². The van der Waals surface area contributed by atoms with Crippen LogP contribution in [0.25, 0.3) is 0 Å². The maximum Gasteiger partial charge on any atom is 0.188 e. The lowest BCUT2D eigenvalue weighted by Crippen LogP contribution is -2.41. The molecular weight excluding hydrogens is 532 g/mol. The van der Waals surface area contributed by atoms with Gasteiger partial charge in [-0.1, -0.05) is 138 Å². The average molecular weight is 568 g/mol. The Hall–Kier alpha value is -3.86. The molecule has 0 atom stereocenters. The van der Waals surface area contributed by atoms with Gasteiger partial charge in [-0.15, -0.1) is 0 Å². The molecule has 1 nitrogen and oxygen atoms in total. The Bertz CT molecular complexity index is 1420. The molecule has 0 bridgehead atoms. The van der Waals surface area contributed by atoms with Crippen molar-refractivity contribution in [3.63, 3.8) is 0 Å². The molecule has 0 saturated carbocycles. The van der Waals surface area contributed by atoms with Gasteiger partial charge in [0.1, 0.15) is 33.5 Å². The second-order valence-electron chi connectivity index (χ2n) is 10.3. The smallest absolute Gasteiger partial charge is 0.0622 e. The molecule has 0 unspecified atom stereocenters. The van der Waals surface area contributed by atoms with E-state index in [2.05, 4.69) is 187 Å². The van der Waals surface area contributed by atoms with E-state index in [9.17, 15) is 0 Å². The maximum atomic E-state index is 4.67. The maximum absolute atomic E-state index is 4.67. The lowest BCUT2D eigenvalue weighted by molar-refractivity contribution is 1.31. The first-order chi connectivity index (χ1) is 20.3. The summed E-state index contributed by atoms with van der Waals surface area (Å²) in [6.07, 6.45) is 1.86. The van der Waals surface area contributed by atoms with Crippen LogP contribution in [0.15, 0.2) is 182 Å². The highest BCUT2D eigenvalue weighted by Crippen LogP contribution is 2.69. The molecule has 0 amide bonds. The van der Waals surface area contributed by atoms with Crippen molar-refractivity contribution in [1.82, 2.24) is 4.86 Å². The Balaban J connectivity index is 1.66. The number of nitrogens with one attached hydrogen (secondary N) is 1. The predicted molar refractivity (Wildman–Crippen MR) is 182 cm³/mol. The fourth-order valence-corrected chi connectivity index (χ4v) is 16.0. The normalized spacial score (nSPS) is 11.7. The largest absolute Gasteiger partial charge is 0.188 e. The van der Waals surface area contributed by atoms with Gasteiger partial charge in [0, 0.05) is 0 Å². The predicted octanol–water partition coefficient (Wildman–Crippen LogP) is 8.14. The molecule has 6 aromatic carbocycles. The van der Waals surface area contributed by atoms with Crippen molar-refractivity contribution in [2.75, 3.05) is 0 Å². The van der Waals surface area contributed by atoms with Crippen LogP contribution in [0.4, 0.5) is 0 Å². The van der Waals surface area contributed by atoms with E-state index in [4.69, 9.17) is 0 Å². The van der Waals surface area contributed by atoms with E-state index in [1.807, 2.05) is 0 Å². The molecule has 0 spiro atoms. The van der Waals surface area contributed by atoms with Gasteiger partial charge in [-0.2, -0.15) is 0 Å². The summed E-state index contributed by atoms with van der Waals surface area (Å²) in [5, 5.41) is 5.50. The summed E-state index contributed by atoms with van der Waals surface area (Å²) in [6, 6.07) is 66.8. The van der Waals surface area contributed by atoms with Crippen molar-refractivity contribution in [3.05, 3.63) is 193 Å². The van der Waals surface area contributed by atoms with Crippen LogP contribution in [0.1, 0.15) is 11.1 Å². The van der Waals surface area contributed by atoms with Crippen LogP contribution < -0.4 is 26.1 Å². The van der Waals surface area contributed by atoms with Crippen LogP contribution in [0.3, 0.4) is 0 Å². The summed E-state index contributed by atoms with van der Waals surface area (Å²) in [6.45, 7) is 0. The number of hydrogen-bond acceptors (Lipinski definition) is 1. The van der Waals surface area contributed by atoms with Gasteiger partial charge in [0.25, 0.3) is 0 Å². The minimum Gasteiger partial charge on any atom is -0.0622 e. The molecule has 0 heterocycles. The average Bonchev–Trinajstić information content (AvgIpc) is 3.06. The Morgan fingerprint density at radius 1 is 0.293 bits per heavy atom. The molecular formula is C38H35NP2+2. The molecule has 0 aliphatic heterocycles. The summed E-state index contributed by atoms with van der Waals surface area (Å²) in [5.74, 6) is 0. The van der Waals surface area contributed by atoms with Crippen LogP contribution in [0.2, 0.25) is 0 Å². The van der Waals surface area contributed by atoms with Crippen LogP contribution in [-0.2, 0) is 12.3 Å². The van der Waals surface area contributed by atoms with E-state index in [1.165, 1.54) is 32.3 Å². The molecule has 0 fully saturated rings. The molecule has 3 heteroatoms. The third-order valence-corrected chi connectivity index (χ3v) is 16.8. The fraction of sp³-hybridized carbons (Fsp3) is 0.0526. The quantitative estimate of drug-likeness (QED) is 0.165. The monoisotopic (exact) mass is 567 g/mol. The highest BCUT2D eigenvalue weighted by atomic mass is 31.2. The number of rotatable bonds is 10. The SMILES string of the molecule is c1ccc(C[P+](N[P+](Cc2ccccc2)(c2ccccc2)c2ccccc2)(c2ccccc2)c2ccccc2)cc1. The first-order valence-corrected chi connectivity index (χ1v) is 18.1. The van der Waals surface area contributed by atoms with Crippen molar-refractivity contribution >= 4 is 36.0 Å². The van der Waals surface area contributed by atoms with Gasteiger partial charge in [0.15, 0.2) is 14.8 Å². The van der Waals surface area contributed by atoms with Gasteiger partial charge < -0.3 is 0 Å². The van der Waals surface area contributed by atoms with E-state index in [-0.39, 0.29) is 0 Å². The summed E-state index contributed by atoms with van der Waals surface area (Å²) in [7, 11) is -4.43. The molecule has 1 N–H and O–H groups in total. The zero-order chi connectivity index (χ0) is 27.8. The van der Waals surface area contributed by atoms with Gasteiger partial charge in [-0.05, 0) is 59.7 Å². The minimum atomic E-state index is -2.21. The van der Waals surface area contributed by atoms with Gasteiger partial charge in [-0.25, -0.2) is 0 Å². The van der Waals surface area contributed by atoms with Gasteiger partial charge in [-0.3, -0.25) is 0 Å². The summed E-state index contributed by atoms with van der Waals surface area (Å²) >= 11 is 0. The summed E-state index contributed by atoms with van der Waals surface area (Å²) < 4.78 is 0. The number of benzene rings is 6. The van der Waals surface area contributed by atoms with Crippen LogP contribution in [0, 0.1) is 0 Å². The Kier molecular flexibility index (Phi) is 8.50. The molecule has 200 valence electrons. The second-order valence-corrected chi connectivity index (χ2v) is 17.1. The zero-order valence-electron chi connectivity index (χ0n) is 23.1. The van der Waals surface area contributed by atoms with E-state index in [0.29, 0.717) is 0 Å². The third-order valence-electron chi connectivity index (χ3n) is 7.65. The summed E-state index contributed by atoms with van der Waals surface area (Å²) in [5.41, 5.74) is 2.69. The molecule has 41 heavy (non-hydrogen) atoms. The molecule has 0 radical (unpaired) electrons. The minimum absolute atomic E-state index is 0.929. The standard InChI is InChI=1S/C38H35NP2/c1-7-19-33(20-8-1)31-40(35-23-11-3-12-24-35,36-25-13-4-14-26-36)39-41(37-27-15-5-16-28-37,38-29-17-6-18-30-38)32-34-21-9-2-10-22-34/h1-30,39H,31-32H2/q+2. The second kappa shape index (κ2) is 12.8. The zero-order valence-corrected chi connectivity index (χ0v) is 24.9. The summed E-state index contributed by atoms with van der Waals surface area (Å²) in [4.78, 5) is 4.67. The fourth-order valence-electron chi connectivity index (χ4n) is 5.70. The van der Waals surface area contributed by atoms with Crippen LogP contribution in [-0.4, -0.2) is 0 Å². The van der Waals surface area contributed by atoms with E-state index < -0.39 is 14.8 Å². The van der Waals surface area contributed by atoms with Crippen LogP contribution >= 0.6 is 14.8 Å². The molecule has 6 rings (SSSR count). The van der Waals surface area contributed by atoms with E-state index in [1.54, 1.807) is 0 Å². The van der Waals surface area contributed by atoms with Crippen molar-refractivity contribution < 1.29 is 0 Å². The van der Waals surface area contributed by atoms with Crippen molar-refractivity contribution in [2.45, 2.75) is 12.3 Å². The third kappa shape index (κ3) is 5.95. The topological polar surface area (TPSA) is 12.0 Å². The van der Waals surface area contributed by atoms with E-state index >= 15 is 0 Å². The lowest BCUT2D eigenvalue weighted by atomic mass is 10.2. The molecule has 0 saturated heterocycles. The molecule has 0 aliphatic rings. The highest BCUT2D eigenvalue weighted by molar-refractivity contribution is 8.00. The van der Waals surface area contributed by atoms with Gasteiger partial charge >= 0.3 is 0 Å². The van der Waals surface area contributed by atoms with Gasteiger partial charge in [0.05, 0.1) is 0 Å². The van der Waals surface area contributed by atoms with Crippen molar-refractivity contribution in [2.24, 2.45) is 0 Å². The molecule has 6 aromatic rings. The highest BCUT2D eigenvalue weighted by Gasteiger charge is 2.57. The van der Waals surface area contributed by atoms with E-state index in [0.717, 1.165) is 12.3 Å². The van der Waals surface area contributed by atoms with Gasteiger partial charge in [0.2, 0.25) is 0 Å². The first kappa shape index (κ1) is 27.3. The van der Waals surface area contributed by atoms with Crippen molar-refractivity contribution in [3.8, 4) is 0 Å². The molecule has 0 aromatic heterocycles. The Labute approximate surface area is 245 Å². The molecule has 0 aliphatic carbocycles. The Morgan fingerprint density at radius 2 is 0.512 bits per heavy atom. The lowest BCUT2D eigenvalue weighted by Gasteiger charge is -2.35. The van der Waals surface area contributed by atoms with Crippen molar-refractivity contribution in [1.29, 1.82) is 0 Å². The number of hydrogen-bond donors (Lipinski definition) is 1. The Morgan fingerprint density at radius 3 is 0.756 bits per heavy atom. The first-order valence-electron chi connectivity index (χ1n) is 14.1.